The Kier molecular flexibility index (Phi) is 5.86. The van der Waals surface area contributed by atoms with Crippen molar-refractivity contribution in [2.45, 2.75) is 114 Å². The molecule has 2 aromatic carbocycles. The second kappa shape index (κ2) is 9.10. The first-order valence-corrected chi connectivity index (χ1v) is 15.3. The van der Waals surface area contributed by atoms with Crippen molar-refractivity contribution in [2.75, 3.05) is 0 Å². The lowest BCUT2D eigenvalue weighted by Gasteiger charge is -2.45. The molecule has 5 aliphatic carbocycles. The molecular weight excluding hydrogens is 440 g/mol. The summed E-state index contributed by atoms with van der Waals surface area (Å²) in [4.78, 5) is 0. The van der Waals surface area contributed by atoms with Crippen molar-refractivity contribution in [3.05, 3.63) is 58.7 Å². The molecule has 5 fully saturated rings. The highest BCUT2D eigenvalue weighted by atomic mass is 16.3. The lowest BCUT2D eigenvalue weighted by molar-refractivity contribution is 0.181. The summed E-state index contributed by atoms with van der Waals surface area (Å²) in [7, 11) is 0. The molecule has 2 bridgehead atoms. The molecule has 2 nitrogen and oxygen atoms in total. The van der Waals surface area contributed by atoms with Crippen molar-refractivity contribution in [3.8, 4) is 11.5 Å². The summed E-state index contributed by atoms with van der Waals surface area (Å²) in [5.41, 5.74) is 5.37. The Balaban J connectivity index is 1.36. The second-order valence-corrected chi connectivity index (χ2v) is 13.3. The van der Waals surface area contributed by atoms with E-state index in [0.29, 0.717) is 29.3 Å². The van der Waals surface area contributed by atoms with Gasteiger partial charge < -0.3 is 10.2 Å². The maximum absolute atomic E-state index is 11.0. The summed E-state index contributed by atoms with van der Waals surface area (Å²) in [6.45, 7) is 0. The molecule has 4 unspecified atom stereocenters. The number of rotatable bonds is 4. The van der Waals surface area contributed by atoms with Crippen LogP contribution in [-0.4, -0.2) is 10.2 Å². The number of hydrogen-bond acceptors (Lipinski definition) is 2. The summed E-state index contributed by atoms with van der Waals surface area (Å²) in [5.74, 6) is 5.35. The molecule has 5 aliphatic rings. The molecule has 0 aliphatic heterocycles. The monoisotopic (exact) mass is 484 g/mol. The maximum atomic E-state index is 11.0. The van der Waals surface area contributed by atoms with E-state index in [-0.39, 0.29) is 5.41 Å². The van der Waals surface area contributed by atoms with Crippen LogP contribution in [0.4, 0.5) is 0 Å². The maximum Gasteiger partial charge on any atom is 0.119 e. The first-order valence-electron chi connectivity index (χ1n) is 15.3. The predicted octanol–water partition coefficient (Wildman–Crippen LogP) is 8.94. The van der Waals surface area contributed by atoms with Gasteiger partial charge in [0.25, 0.3) is 0 Å². The number of hydrogen-bond donors (Lipinski definition) is 2. The van der Waals surface area contributed by atoms with E-state index in [1.54, 1.807) is 0 Å². The highest BCUT2D eigenvalue weighted by Gasteiger charge is 2.62. The van der Waals surface area contributed by atoms with Crippen molar-refractivity contribution in [1.29, 1.82) is 0 Å². The van der Waals surface area contributed by atoms with Gasteiger partial charge in [-0.2, -0.15) is 0 Å². The largest absolute Gasteiger partial charge is 0.508 e. The summed E-state index contributed by atoms with van der Waals surface area (Å²) in [6, 6.07) is 13.5. The fourth-order valence-electron chi connectivity index (χ4n) is 10.1. The molecule has 2 heteroatoms. The normalized spacial score (nSPS) is 32.1. The first kappa shape index (κ1) is 23.2. The minimum Gasteiger partial charge on any atom is -0.508 e. The number of fused-ring (bicyclic) bond motifs is 5. The van der Waals surface area contributed by atoms with Gasteiger partial charge in [0.05, 0.1) is 0 Å². The lowest BCUT2D eigenvalue weighted by Crippen LogP contribution is -2.40. The van der Waals surface area contributed by atoms with E-state index in [1.165, 1.54) is 119 Å². The number of aromatic hydroxyl groups is 2. The minimum atomic E-state index is 0.0321. The van der Waals surface area contributed by atoms with Crippen molar-refractivity contribution < 1.29 is 10.2 Å². The average molecular weight is 485 g/mol. The Labute approximate surface area is 217 Å². The van der Waals surface area contributed by atoms with E-state index in [4.69, 9.17) is 0 Å². The van der Waals surface area contributed by atoms with E-state index in [9.17, 15) is 10.2 Å². The molecule has 7 rings (SSSR count). The van der Waals surface area contributed by atoms with E-state index < -0.39 is 0 Å². The molecule has 36 heavy (non-hydrogen) atoms. The van der Waals surface area contributed by atoms with Gasteiger partial charge in [0.15, 0.2) is 0 Å². The van der Waals surface area contributed by atoms with Gasteiger partial charge in [-0.3, -0.25) is 0 Å². The summed E-state index contributed by atoms with van der Waals surface area (Å²) in [5, 5.41) is 22.0. The first-order chi connectivity index (χ1) is 17.6. The highest BCUT2D eigenvalue weighted by Crippen LogP contribution is 2.68. The Morgan fingerprint density at radius 1 is 0.583 bits per heavy atom. The van der Waals surface area contributed by atoms with Crippen LogP contribution in [0.1, 0.15) is 130 Å². The predicted molar refractivity (Wildman–Crippen MR) is 146 cm³/mol. The van der Waals surface area contributed by atoms with Gasteiger partial charge in [-0.25, -0.2) is 0 Å². The van der Waals surface area contributed by atoms with Gasteiger partial charge in [-0.1, -0.05) is 69.2 Å². The zero-order valence-corrected chi connectivity index (χ0v) is 21.9. The molecule has 2 aromatic rings. The van der Waals surface area contributed by atoms with Crippen LogP contribution < -0.4 is 0 Å². The van der Waals surface area contributed by atoms with E-state index >= 15 is 0 Å². The number of phenols is 2. The zero-order valence-electron chi connectivity index (χ0n) is 21.9. The van der Waals surface area contributed by atoms with Gasteiger partial charge in [0.2, 0.25) is 0 Å². The van der Waals surface area contributed by atoms with Gasteiger partial charge >= 0.3 is 0 Å². The number of benzene rings is 2. The van der Waals surface area contributed by atoms with E-state index in [1.807, 2.05) is 12.1 Å². The van der Waals surface area contributed by atoms with Crippen LogP contribution in [0.15, 0.2) is 36.4 Å². The molecule has 192 valence electrons. The molecule has 0 heterocycles. The fraction of sp³-hybridized carbons (Fsp3) is 0.647. The van der Waals surface area contributed by atoms with Gasteiger partial charge in [-0.15, -0.1) is 0 Å². The van der Waals surface area contributed by atoms with E-state index in [2.05, 4.69) is 24.3 Å². The van der Waals surface area contributed by atoms with Gasteiger partial charge in [0.1, 0.15) is 11.5 Å². The molecule has 0 saturated heterocycles. The Morgan fingerprint density at radius 3 is 1.67 bits per heavy atom. The standard InChI is InChI=1S/C34H44O2/c35-32-16-14-25(19-29(32)22-8-3-1-4-9-22)34(21-24-18-31(34)28-13-7-12-27(24)28)26-15-17-33(36)30(20-26)23-10-5-2-6-11-23/h14-17,19-20,22-24,27-28,31,35-36H,1-13,18,21H2. The number of phenolic OH excluding ortho intramolecular Hbond substituents is 2. The molecule has 0 aromatic heterocycles. The average Bonchev–Trinajstić information content (AvgIpc) is 3.64. The van der Waals surface area contributed by atoms with Crippen molar-refractivity contribution in [3.63, 3.8) is 0 Å². The molecule has 0 amide bonds. The smallest absolute Gasteiger partial charge is 0.119 e. The second-order valence-electron chi connectivity index (χ2n) is 13.3. The molecule has 2 N–H and O–H groups in total. The quantitative estimate of drug-likeness (QED) is 0.455. The van der Waals surface area contributed by atoms with Crippen molar-refractivity contribution in [1.82, 2.24) is 0 Å². The van der Waals surface area contributed by atoms with Crippen LogP contribution in [0.5, 0.6) is 11.5 Å². The summed E-state index contributed by atoms with van der Waals surface area (Å²) < 4.78 is 0. The SMILES string of the molecule is Oc1ccc(C2(c3ccc(O)c(C4CCCCC4)c3)CC3CC2C2CCCC32)cc1C1CCCCC1. The van der Waals surface area contributed by atoms with Crippen LogP contribution in [0, 0.1) is 23.7 Å². The Morgan fingerprint density at radius 2 is 1.11 bits per heavy atom. The van der Waals surface area contributed by atoms with Crippen LogP contribution in [-0.2, 0) is 5.41 Å². The van der Waals surface area contributed by atoms with Gasteiger partial charge in [-0.05, 0) is 121 Å². The van der Waals surface area contributed by atoms with Crippen LogP contribution in [0.25, 0.3) is 0 Å². The molecule has 5 saturated carbocycles. The van der Waals surface area contributed by atoms with Crippen LogP contribution in [0.3, 0.4) is 0 Å². The third kappa shape index (κ3) is 3.57. The zero-order chi connectivity index (χ0) is 24.3. The van der Waals surface area contributed by atoms with Crippen LogP contribution >= 0.6 is 0 Å². The topological polar surface area (TPSA) is 40.5 Å². The molecule has 4 atom stereocenters. The van der Waals surface area contributed by atoms with Crippen molar-refractivity contribution in [2.24, 2.45) is 23.7 Å². The molecular formula is C34H44O2. The third-order valence-corrected chi connectivity index (χ3v) is 11.7. The summed E-state index contributed by atoms with van der Waals surface area (Å²) in [6.07, 6.45) is 19.6. The fourth-order valence-corrected chi connectivity index (χ4v) is 10.1. The third-order valence-electron chi connectivity index (χ3n) is 11.7. The Bertz CT molecular complexity index is 1040. The van der Waals surface area contributed by atoms with Crippen LogP contribution in [0.2, 0.25) is 0 Å². The minimum absolute atomic E-state index is 0.0321. The Hall–Kier alpha value is -1.96. The molecule has 0 radical (unpaired) electrons. The van der Waals surface area contributed by atoms with E-state index in [0.717, 1.165) is 17.8 Å². The van der Waals surface area contributed by atoms with Gasteiger partial charge in [0, 0.05) is 5.41 Å². The molecule has 0 spiro atoms. The lowest BCUT2D eigenvalue weighted by atomic mass is 9.58. The highest BCUT2D eigenvalue weighted by molar-refractivity contribution is 5.52. The van der Waals surface area contributed by atoms with Crippen molar-refractivity contribution >= 4 is 0 Å². The summed E-state index contributed by atoms with van der Waals surface area (Å²) >= 11 is 0.